The zero-order valence-corrected chi connectivity index (χ0v) is 18.3. The van der Waals surface area contributed by atoms with Crippen LogP contribution in [-0.2, 0) is 17.8 Å². The second-order valence-corrected chi connectivity index (χ2v) is 7.77. The maximum atomic E-state index is 12.9. The minimum atomic E-state index is -0.609. The SMILES string of the molecule is COCCNC(=O)c1cn(CCC(C)C)cc(C(=O)NCc2ccccc2Cl)c1=O. The van der Waals surface area contributed by atoms with Crippen LogP contribution in [0, 0.1) is 5.92 Å². The van der Waals surface area contributed by atoms with Gasteiger partial charge in [-0.25, -0.2) is 0 Å². The molecule has 30 heavy (non-hydrogen) atoms. The Labute approximate surface area is 181 Å². The highest BCUT2D eigenvalue weighted by Crippen LogP contribution is 2.14. The molecule has 0 aliphatic rings. The monoisotopic (exact) mass is 433 g/mol. The molecule has 0 aliphatic heterocycles. The summed E-state index contributed by atoms with van der Waals surface area (Å²) in [4.78, 5) is 38.1. The first kappa shape index (κ1) is 23.6. The Balaban J connectivity index is 2.28. The highest BCUT2D eigenvalue weighted by atomic mass is 35.5. The van der Waals surface area contributed by atoms with E-state index in [-0.39, 0.29) is 24.2 Å². The van der Waals surface area contributed by atoms with Gasteiger partial charge in [0.05, 0.1) is 6.61 Å². The van der Waals surface area contributed by atoms with Crippen molar-refractivity contribution < 1.29 is 14.3 Å². The van der Waals surface area contributed by atoms with Gasteiger partial charge in [-0.3, -0.25) is 14.4 Å². The Morgan fingerprint density at radius 2 is 1.73 bits per heavy atom. The van der Waals surface area contributed by atoms with E-state index in [4.69, 9.17) is 16.3 Å². The van der Waals surface area contributed by atoms with E-state index < -0.39 is 17.2 Å². The number of carbonyl (C=O) groups is 2. The molecular formula is C22H28ClN3O4. The number of nitrogens with one attached hydrogen (secondary N) is 2. The van der Waals surface area contributed by atoms with Gasteiger partial charge < -0.3 is 19.9 Å². The normalized spacial score (nSPS) is 10.8. The summed E-state index contributed by atoms with van der Waals surface area (Å²) >= 11 is 6.13. The molecule has 2 aromatic rings. The van der Waals surface area contributed by atoms with E-state index in [1.807, 2.05) is 6.07 Å². The molecule has 7 nitrogen and oxygen atoms in total. The Kier molecular flexibility index (Phi) is 9.08. The van der Waals surface area contributed by atoms with Crippen LogP contribution in [0.4, 0.5) is 0 Å². The zero-order valence-electron chi connectivity index (χ0n) is 17.5. The second kappa shape index (κ2) is 11.5. The number of pyridine rings is 1. The molecular weight excluding hydrogens is 406 g/mol. The van der Waals surface area contributed by atoms with Gasteiger partial charge in [0.1, 0.15) is 11.1 Å². The summed E-state index contributed by atoms with van der Waals surface area (Å²) in [6.45, 7) is 5.51. The Morgan fingerprint density at radius 3 is 2.33 bits per heavy atom. The summed E-state index contributed by atoms with van der Waals surface area (Å²) in [5.41, 5.74) is -0.0195. The first-order chi connectivity index (χ1) is 14.3. The van der Waals surface area contributed by atoms with Gasteiger partial charge in [0.2, 0.25) is 5.43 Å². The summed E-state index contributed by atoms with van der Waals surface area (Å²) < 4.78 is 6.64. The van der Waals surface area contributed by atoms with E-state index in [1.165, 1.54) is 19.5 Å². The number of amides is 2. The van der Waals surface area contributed by atoms with Crippen molar-refractivity contribution >= 4 is 23.4 Å². The van der Waals surface area contributed by atoms with Crippen LogP contribution in [0.15, 0.2) is 41.5 Å². The minimum Gasteiger partial charge on any atom is -0.383 e. The van der Waals surface area contributed by atoms with Crippen LogP contribution in [-0.4, -0.2) is 36.6 Å². The van der Waals surface area contributed by atoms with Crippen LogP contribution < -0.4 is 16.1 Å². The number of carbonyl (C=O) groups excluding carboxylic acids is 2. The summed E-state index contributed by atoms with van der Waals surface area (Å²) in [5, 5.41) is 5.88. The molecule has 0 aliphatic carbocycles. The number of nitrogens with zero attached hydrogens (tertiary/aromatic N) is 1. The number of hydrogen-bond acceptors (Lipinski definition) is 4. The summed E-state index contributed by atoms with van der Waals surface area (Å²) in [6.07, 6.45) is 3.84. The third-order valence-electron chi connectivity index (χ3n) is 4.52. The zero-order chi connectivity index (χ0) is 22.1. The molecule has 1 aromatic carbocycles. The molecule has 1 aromatic heterocycles. The second-order valence-electron chi connectivity index (χ2n) is 7.36. The Hall–Kier alpha value is -2.64. The van der Waals surface area contributed by atoms with E-state index >= 15 is 0 Å². The Morgan fingerprint density at radius 1 is 1.10 bits per heavy atom. The predicted molar refractivity (Wildman–Crippen MR) is 117 cm³/mol. The van der Waals surface area contributed by atoms with Gasteiger partial charge in [0.25, 0.3) is 11.8 Å². The number of ether oxygens (including phenoxy) is 1. The van der Waals surface area contributed by atoms with Crippen molar-refractivity contribution in [2.24, 2.45) is 5.92 Å². The van der Waals surface area contributed by atoms with Gasteiger partial charge in [-0.15, -0.1) is 0 Å². The Bertz CT molecular complexity index is 940. The predicted octanol–water partition coefficient (Wildman–Crippen LogP) is 2.85. The van der Waals surface area contributed by atoms with Crippen molar-refractivity contribution in [3.63, 3.8) is 0 Å². The van der Waals surface area contributed by atoms with E-state index in [9.17, 15) is 14.4 Å². The molecule has 0 atom stereocenters. The van der Waals surface area contributed by atoms with Crippen LogP contribution in [0.5, 0.6) is 0 Å². The molecule has 8 heteroatoms. The summed E-state index contributed by atoms with van der Waals surface area (Å²) in [7, 11) is 1.52. The first-order valence-corrected chi connectivity index (χ1v) is 10.2. The van der Waals surface area contributed by atoms with Gasteiger partial charge in [-0.1, -0.05) is 43.6 Å². The standard InChI is InChI=1S/C22H28ClN3O4/c1-15(2)8-10-26-13-17(21(28)24-9-11-30-3)20(27)18(14-26)22(29)25-12-16-6-4-5-7-19(16)23/h4-7,13-15H,8-12H2,1-3H3,(H,24,28)(H,25,29). The van der Waals surface area contributed by atoms with Crippen molar-refractivity contribution in [3.05, 3.63) is 68.6 Å². The average molecular weight is 434 g/mol. The van der Waals surface area contributed by atoms with E-state index in [2.05, 4.69) is 24.5 Å². The summed E-state index contributed by atoms with van der Waals surface area (Å²) in [6, 6.07) is 7.14. The fraction of sp³-hybridized carbons (Fsp3) is 0.409. The van der Waals surface area contributed by atoms with E-state index in [1.54, 1.807) is 22.8 Å². The molecule has 2 amide bonds. The van der Waals surface area contributed by atoms with Gasteiger partial charge in [-0.2, -0.15) is 0 Å². The molecule has 0 saturated carbocycles. The number of halogens is 1. The highest BCUT2D eigenvalue weighted by Gasteiger charge is 2.19. The lowest BCUT2D eigenvalue weighted by Crippen LogP contribution is -2.36. The van der Waals surface area contributed by atoms with Crippen LogP contribution in [0.25, 0.3) is 0 Å². The highest BCUT2D eigenvalue weighted by molar-refractivity contribution is 6.31. The number of hydrogen-bond donors (Lipinski definition) is 2. The summed E-state index contributed by atoms with van der Waals surface area (Å²) in [5.74, 6) is -0.651. The lowest BCUT2D eigenvalue weighted by molar-refractivity contribution is 0.0935. The van der Waals surface area contributed by atoms with Crippen molar-refractivity contribution in [1.29, 1.82) is 0 Å². The minimum absolute atomic E-state index is 0.0692. The van der Waals surface area contributed by atoms with Gasteiger partial charge >= 0.3 is 0 Å². The van der Waals surface area contributed by atoms with Crippen LogP contribution in [0.2, 0.25) is 5.02 Å². The van der Waals surface area contributed by atoms with Gasteiger partial charge in [0.15, 0.2) is 0 Å². The van der Waals surface area contributed by atoms with E-state index in [0.29, 0.717) is 24.1 Å². The van der Waals surface area contributed by atoms with E-state index in [0.717, 1.165) is 12.0 Å². The number of rotatable bonds is 10. The fourth-order valence-electron chi connectivity index (χ4n) is 2.77. The number of aryl methyl sites for hydroxylation is 1. The fourth-order valence-corrected chi connectivity index (χ4v) is 2.97. The molecule has 0 unspecified atom stereocenters. The smallest absolute Gasteiger partial charge is 0.257 e. The molecule has 0 fully saturated rings. The maximum absolute atomic E-state index is 12.9. The average Bonchev–Trinajstić information content (AvgIpc) is 2.72. The van der Waals surface area contributed by atoms with Crippen LogP contribution in [0.3, 0.4) is 0 Å². The number of aromatic nitrogens is 1. The third-order valence-corrected chi connectivity index (χ3v) is 4.89. The lowest BCUT2D eigenvalue weighted by Gasteiger charge is -2.14. The van der Waals surface area contributed by atoms with Gasteiger partial charge in [0, 0.05) is 44.2 Å². The van der Waals surface area contributed by atoms with Crippen molar-refractivity contribution in [2.75, 3.05) is 20.3 Å². The van der Waals surface area contributed by atoms with Gasteiger partial charge in [-0.05, 0) is 24.0 Å². The molecule has 2 N–H and O–H groups in total. The molecule has 0 bridgehead atoms. The van der Waals surface area contributed by atoms with Crippen molar-refractivity contribution in [2.45, 2.75) is 33.4 Å². The topological polar surface area (TPSA) is 89.4 Å². The maximum Gasteiger partial charge on any atom is 0.257 e. The largest absolute Gasteiger partial charge is 0.383 e. The third kappa shape index (κ3) is 6.71. The van der Waals surface area contributed by atoms with Crippen LogP contribution >= 0.6 is 11.6 Å². The van der Waals surface area contributed by atoms with Crippen LogP contribution in [0.1, 0.15) is 46.5 Å². The first-order valence-electron chi connectivity index (χ1n) is 9.86. The van der Waals surface area contributed by atoms with Crippen molar-refractivity contribution in [3.8, 4) is 0 Å². The number of benzene rings is 1. The lowest BCUT2D eigenvalue weighted by atomic mass is 10.1. The number of methoxy groups -OCH3 is 1. The molecule has 0 radical (unpaired) electrons. The molecule has 162 valence electrons. The van der Waals surface area contributed by atoms with Crippen molar-refractivity contribution in [1.82, 2.24) is 15.2 Å². The molecule has 0 spiro atoms. The quantitative estimate of drug-likeness (QED) is 0.564. The molecule has 2 rings (SSSR count). The molecule has 0 saturated heterocycles. The molecule has 1 heterocycles.